The van der Waals surface area contributed by atoms with Gasteiger partial charge in [0.05, 0.1) is 10.0 Å². The fraction of sp³-hybridized carbons (Fsp3) is 0.556. The number of rotatable bonds is 3. The Bertz CT molecular complexity index is 684. The summed E-state index contributed by atoms with van der Waals surface area (Å²) < 4.78 is 32.8. The van der Waals surface area contributed by atoms with Crippen molar-refractivity contribution in [2.24, 2.45) is 5.92 Å². The van der Waals surface area contributed by atoms with Crippen LogP contribution in [0, 0.1) is 17.6 Å². The highest BCUT2D eigenvalue weighted by atomic mass is 79.9. The number of amides is 2. The van der Waals surface area contributed by atoms with Gasteiger partial charge in [0, 0.05) is 19.6 Å². The monoisotopic (exact) mass is 432 g/mol. The second-order valence-corrected chi connectivity index (χ2v) is 8.20. The Morgan fingerprint density at radius 2 is 1.85 bits per heavy atom. The molecule has 1 saturated heterocycles. The molecule has 1 aromatic carbocycles. The lowest BCUT2D eigenvalue weighted by molar-refractivity contribution is 0.0499. The summed E-state index contributed by atoms with van der Waals surface area (Å²) in [6.45, 7) is 6.69. The van der Waals surface area contributed by atoms with Crippen LogP contribution >= 0.6 is 15.9 Å². The zero-order chi connectivity index (χ0) is 19.5. The predicted octanol–water partition coefficient (Wildman–Crippen LogP) is 4.10. The van der Waals surface area contributed by atoms with E-state index in [2.05, 4.69) is 21.2 Å². The lowest BCUT2D eigenvalue weighted by Crippen LogP contribution is -2.42. The number of piperidine rings is 1. The topological polar surface area (TPSA) is 58.6 Å². The highest BCUT2D eigenvalue weighted by molar-refractivity contribution is 9.10. The first kappa shape index (κ1) is 20.6. The smallest absolute Gasteiger partial charge is 0.407 e. The molecule has 1 N–H and O–H groups in total. The van der Waals surface area contributed by atoms with Crippen molar-refractivity contribution >= 4 is 27.9 Å². The van der Waals surface area contributed by atoms with Gasteiger partial charge in [0.2, 0.25) is 0 Å². The maximum Gasteiger partial charge on any atom is 0.407 e. The molecule has 0 spiro atoms. The largest absolute Gasteiger partial charge is 0.444 e. The average Bonchev–Trinajstić information content (AvgIpc) is 2.56. The van der Waals surface area contributed by atoms with Gasteiger partial charge in [0.15, 0.2) is 11.6 Å². The maximum atomic E-state index is 14.0. The van der Waals surface area contributed by atoms with Crippen LogP contribution < -0.4 is 5.32 Å². The van der Waals surface area contributed by atoms with Gasteiger partial charge in [-0.1, -0.05) is 0 Å². The van der Waals surface area contributed by atoms with Crippen molar-refractivity contribution in [3.8, 4) is 0 Å². The van der Waals surface area contributed by atoms with Gasteiger partial charge < -0.3 is 15.0 Å². The molecule has 2 amide bonds. The minimum absolute atomic E-state index is 0.0153. The highest BCUT2D eigenvalue weighted by Crippen LogP contribution is 2.24. The number of alkyl carbamates (subject to hydrolysis) is 1. The fourth-order valence-corrected chi connectivity index (χ4v) is 3.05. The van der Waals surface area contributed by atoms with E-state index < -0.39 is 29.2 Å². The Kier molecular flexibility index (Phi) is 6.60. The lowest BCUT2D eigenvalue weighted by Gasteiger charge is -2.32. The quantitative estimate of drug-likeness (QED) is 0.731. The van der Waals surface area contributed by atoms with Gasteiger partial charge in [-0.2, -0.15) is 0 Å². The van der Waals surface area contributed by atoms with Crippen LogP contribution in [0.5, 0.6) is 0 Å². The van der Waals surface area contributed by atoms with Gasteiger partial charge in [-0.3, -0.25) is 4.79 Å². The average molecular weight is 433 g/mol. The van der Waals surface area contributed by atoms with E-state index in [1.165, 1.54) is 17.0 Å². The van der Waals surface area contributed by atoms with Crippen molar-refractivity contribution in [3.05, 3.63) is 33.8 Å². The molecule has 0 aromatic heterocycles. The molecular formula is C18H23BrF2N2O3. The van der Waals surface area contributed by atoms with E-state index in [1.807, 2.05) is 0 Å². The molecule has 26 heavy (non-hydrogen) atoms. The number of carbonyl (C=O) groups excluding carboxylic acids is 2. The summed E-state index contributed by atoms with van der Waals surface area (Å²) in [5, 5.41) is 2.73. The number of carbonyl (C=O) groups is 2. The van der Waals surface area contributed by atoms with Crippen LogP contribution in [0.2, 0.25) is 0 Å². The Labute approximate surface area is 160 Å². The summed E-state index contributed by atoms with van der Waals surface area (Å²) in [4.78, 5) is 25.6. The van der Waals surface area contributed by atoms with Crippen molar-refractivity contribution in [1.29, 1.82) is 0 Å². The maximum absolute atomic E-state index is 14.0. The Balaban J connectivity index is 1.86. The summed E-state index contributed by atoms with van der Waals surface area (Å²) in [6.07, 6.45) is 0.869. The third-order valence-corrected chi connectivity index (χ3v) is 4.71. The first-order valence-corrected chi connectivity index (χ1v) is 9.27. The van der Waals surface area contributed by atoms with E-state index in [9.17, 15) is 18.4 Å². The zero-order valence-corrected chi connectivity index (χ0v) is 16.7. The number of halogens is 3. The van der Waals surface area contributed by atoms with E-state index in [4.69, 9.17) is 4.74 Å². The van der Waals surface area contributed by atoms with Gasteiger partial charge >= 0.3 is 6.09 Å². The van der Waals surface area contributed by atoms with Crippen LogP contribution in [-0.2, 0) is 4.74 Å². The normalized spacial score (nSPS) is 15.7. The Morgan fingerprint density at radius 1 is 1.23 bits per heavy atom. The number of nitrogens with one attached hydrogen (secondary N) is 1. The molecule has 2 rings (SSSR count). The Morgan fingerprint density at radius 3 is 2.42 bits per heavy atom. The molecular weight excluding hydrogens is 410 g/mol. The van der Waals surface area contributed by atoms with Gasteiger partial charge in [-0.15, -0.1) is 0 Å². The molecule has 0 saturated carbocycles. The van der Waals surface area contributed by atoms with Gasteiger partial charge in [0.1, 0.15) is 5.60 Å². The number of ether oxygens (including phenoxy) is 1. The minimum atomic E-state index is -1.14. The SMILES string of the molecule is CC(C)(C)OC(=O)NCC1CCN(C(=O)c2ccc(Br)c(F)c2F)CC1. The number of hydrogen-bond donors (Lipinski definition) is 1. The molecule has 0 atom stereocenters. The molecule has 144 valence electrons. The molecule has 0 aliphatic carbocycles. The van der Waals surface area contributed by atoms with Crippen LogP contribution in [0.25, 0.3) is 0 Å². The summed E-state index contributed by atoms with van der Waals surface area (Å²) >= 11 is 2.90. The second kappa shape index (κ2) is 8.33. The third kappa shape index (κ3) is 5.40. The Hall–Kier alpha value is -1.70. The molecule has 0 unspecified atom stereocenters. The van der Waals surface area contributed by atoms with Crippen LogP contribution in [-0.4, -0.2) is 42.1 Å². The molecule has 1 aromatic rings. The molecule has 1 aliphatic rings. The first-order chi connectivity index (χ1) is 12.1. The van der Waals surface area contributed by atoms with Gasteiger partial charge in [-0.25, -0.2) is 13.6 Å². The van der Waals surface area contributed by atoms with E-state index in [-0.39, 0.29) is 16.0 Å². The molecule has 1 fully saturated rings. The van der Waals surface area contributed by atoms with Crippen LogP contribution in [0.4, 0.5) is 13.6 Å². The number of nitrogens with zero attached hydrogens (tertiary/aromatic N) is 1. The lowest BCUT2D eigenvalue weighted by atomic mass is 9.96. The summed E-state index contributed by atoms with van der Waals surface area (Å²) in [6, 6.07) is 2.60. The van der Waals surface area contributed by atoms with Crippen molar-refractivity contribution in [2.45, 2.75) is 39.2 Å². The molecule has 8 heteroatoms. The van der Waals surface area contributed by atoms with Crippen molar-refractivity contribution < 1.29 is 23.1 Å². The highest BCUT2D eigenvalue weighted by Gasteiger charge is 2.27. The molecule has 1 heterocycles. The molecule has 1 aliphatic heterocycles. The van der Waals surface area contributed by atoms with E-state index in [0.29, 0.717) is 32.5 Å². The molecule has 0 radical (unpaired) electrons. The third-order valence-electron chi connectivity index (χ3n) is 4.10. The minimum Gasteiger partial charge on any atom is -0.444 e. The van der Waals surface area contributed by atoms with Crippen LogP contribution in [0.15, 0.2) is 16.6 Å². The standard InChI is InChI=1S/C18H23BrF2N2O3/c1-18(2,3)26-17(25)22-10-11-6-8-23(9-7-11)16(24)12-4-5-13(19)15(21)14(12)20/h4-5,11H,6-10H2,1-3H3,(H,22,25). The van der Waals surface area contributed by atoms with Crippen LogP contribution in [0.1, 0.15) is 44.0 Å². The van der Waals surface area contributed by atoms with Crippen molar-refractivity contribution in [3.63, 3.8) is 0 Å². The summed E-state index contributed by atoms with van der Waals surface area (Å²) in [5.41, 5.74) is -0.819. The van der Waals surface area contributed by atoms with Gasteiger partial charge in [0.25, 0.3) is 5.91 Å². The van der Waals surface area contributed by atoms with Crippen LogP contribution in [0.3, 0.4) is 0 Å². The first-order valence-electron chi connectivity index (χ1n) is 8.48. The van der Waals surface area contributed by atoms with Gasteiger partial charge in [-0.05, 0) is 67.6 Å². The zero-order valence-electron chi connectivity index (χ0n) is 15.1. The fourth-order valence-electron chi connectivity index (χ4n) is 2.74. The van der Waals surface area contributed by atoms with Crippen molar-refractivity contribution in [1.82, 2.24) is 10.2 Å². The number of likely N-dealkylation sites (tertiary alicyclic amines) is 1. The summed E-state index contributed by atoms with van der Waals surface area (Å²) in [5.74, 6) is -2.52. The number of benzene rings is 1. The van der Waals surface area contributed by atoms with Crippen molar-refractivity contribution in [2.75, 3.05) is 19.6 Å². The van der Waals surface area contributed by atoms with E-state index in [0.717, 1.165) is 0 Å². The predicted molar refractivity (Wildman–Crippen MR) is 96.9 cm³/mol. The second-order valence-electron chi connectivity index (χ2n) is 7.34. The molecule has 5 nitrogen and oxygen atoms in total. The summed E-state index contributed by atoms with van der Waals surface area (Å²) in [7, 11) is 0. The van der Waals surface area contributed by atoms with E-state index in [1.54, 1.807) is 20.8 Å². The number of hydrogen-bond acceptors (Lipinski definition) is 3. The molecule has 0 bridgehead atoms. The van der Waals surface area contributed by atoms with E-state index >= 15 is 0 Å².